The molecule has 0 aliphatic heterocycles. The van der Waals surface area contributed by atoms with Crippen LogP contribution in [0.1, 0.15) is 45.4 Å². The van der Waals surface area contributed by atoms with Crippen LogP contribution >= 0.6 is 11.6 Å². The summed E-state index contributed by atoms with van der Waals surface area (Å²) in [4.78, 5) is 19.4. The topological polar surface area (TPSA) is 54.9 Å². The van der Waals surface area contributed by atoms with Crippen LogP contribution in [0.3, 0.4) is 0 Å². The number of aromatic nitrogens is 2. The first-order chi connectivity index (χ1) is 8.24. The first kappa shape index (κ1) is 13.9. The summed E-state index contributed by atoms with van der Waals surface area (Å²) < 4.78 is 0. The Morgan fingerprint density at radius 1 is 1.24 bits per heavy atom. The van der Waals surface area contributed by atoms with E-state index in [4.69, 9.17) is 11.6 Å². The van der Waals surface area contributed by atoms with E-state index in [0.717, 1.165) is 12.8 Å². The monoisotopic (exact) mass is 255 g/mol. The molecule has 0 aliphatic carbocycles. The molecule has 1 rings (SSSR count). The SMILES string of the molecule is CCCCCCCC(=O)Nc1nccnc1Cl. The van der Waals surface area contributed by atoms with Gasteiger partial charge in [0.2, 0.25) is 5.91 Å². The van der Waals surface area contributed by atoms with Crippen molar-refractivity contribution in [2.45, 2.75) is 45.4 Å². The summed E-state index contributed by atoms with van der Waals surface area (Å²) >= 11 is 5.78. The number of hydrogen-bond donors (Lipinski definition) is 1. The number of unbranched alkanes of at least 4 members (excludes halogenated alkanes) is 4. The molecule has 1 N–H and O–H groups in total. The summed E-state index contributed by atoms with van der Waals surface area (Å²) in [6.07, 6.45) is 9.13. The zero-order valence-electron chi connectivity index (χ0n) is 10.1. The lowest BCUT2D eigenvalue weighted by Gasteiger charge is -2.04. The normalized spacial score (nSPS) is 10.2. The average molecular weight is 256 g/mol. The molecule has 0 spiro atoms. The van der Waals surface area contributed by atoms with Gasteiger partial charge in [-0.25, -0.2) is 9.97 Å². The van der Waals surface area contributed by atoms with Gasteiger partial charge in [-0.2, -0.15) is 0 Å². The minimum absolute atomic E-state index is 0.0519. The largest absolute Gasteiger partial charge is 0.308 e. The van der Waals surface area contributed by atoms with Crippen LogP contribution in [0.4, 0.5) is 5.82 Å². The highest BCUT2D eigenvalue weighted by Gasteiger charge is 2.06. The van der Waals surface area contributed by atoms with Crippen molar-refractivity contribution in [2.24, 2.45) is 0 Å². The van der Waals surface area contributed by atoms with Gasteiger partial charge in [0.25, 0.3) is 0 Å². The molecule has 0 aliphatic rings. The molecule has 0 saturated heterocycles. The second-order valence-corrected chi connectivity index (χ2v) is 4.27. The van der Waals surface area contributed by atoms with Crippen molar-refractivity contribution < 1.29 is 4.79 Å². The zero-order chi connectivity index (χ0) is 12.5. The van der Waals surface area contributed by atoms with Crippen LogP contribution in [0.5, 0.6) is 0 Å². The van der Waals surface area contributed by atoms with Crippen LogP contribution in [0.25, 0.3) is 0 Å². The van der Waals surface area contributed by atoms with Crippen LogP contribution in [0.2, 0.25) is 5.15 Å². The number of carbonyl (C=O) groups excluding carboxylic acids is 1. The standard InChI is InChI=1S/C12H18ClN3O/c1-2-3-4-5-6-7-10(17)16-12-11(13)14-8-9-15-12/h8-9H,2-7H2,1H3,(H,15,16,17). The number of halogens is 1. The van der Waals surface area contributed by atoms with Gasteiger partial charge in [0.05, 0.1) is 0 Å². The Morgan fingerprint density at radius 3 is 2.65 bits per heavy atom. The van der Waals surface area contributed by atoms with Crippen LogP contribution in [-0.2, 0) is 4.79 Å². The molecule has 5 heteroatoms. The van der Waals surface area contributed by atoms with E-state index >= 15 is 0 Å². The Bertz CT molecular complexity index is 357. The number of hydrogen-bond acceptors (Lipinski definition) is 3. The fourth-order valence-electron chi connectivity index (χ4n) is 1.49. The molecule has 0 unspecified atom stereocenters. The van der Waals surface area contributed by atoms with Gasteiger partial charge in [-0.3, -0.25) is 4.79 Å². The molecule has 0 radical (unpaired) electrons. The molecule has 1 aromatic heterocycles. The maximum absolute atomic E-state index is 11.6. The number of nitrogens with zero attached hydrogens (tertiary/aromatic N) is 2. The molecule has 0 aromatic carbocycles. The third-order valence-electron chi connectivity index (χ3n) is 2.42. The Labute approximate surface area is 107 Å². The third-order valence-corrected chi connectivity index (χ3v) is 2.70. The number of rotatable bonds is 7. The van der Waals surface area contributed by atoms with Crippen LogP contribution in [0.15, 0.2) is 12.4 Å². The van der Waals surface area contributed by atoms with Gasteiger partial charge in [-0.15, -0.1) is 0 Å². The predicted octanol–water partition coefficient (Wildman–Crippen LogP) is 3.43. The molecule has 0 saturated carbocycles. The van der Waals surface area contributed by atoms with E-state index in [-0.39, 0.29) is 11.1 Å². The van der Waals surface area contributed by atoms with E-state index in [1.54, 1.807) is 0 Å². The van der Waals surface area contributed by atoms with E-state index in [0.29, 0.717) is 12.2 Å². The minimum atomic E-state index is -0.0519. The summed E-state index contributed by atoms with van der Waals surface area (Å²) in [6, 6.07) is 0. The molecule has 0 atom stereocenters. The highest BCUT2D eigenvalue weighted by Crippen LogP contribution is 2.14. The van der Waals surface area contributed by atoms with Crippen molar-refractivity contribution in [2.75, 3.05) is 5.32 Å². The molecule has 0 fully saturated rings. The number of amides is 1. The molecular weight excluding hydrogens is 238 g/mol. The Hall–Kier alpha value is -1.16. The summed E-state index contributed by atoms with van der Waals surface area (Å²) in [7, 11) is 0. The van der Waals surface area contributed by atoms with Gasteiger partial charge in [-0.1, -0.05) is 44.2 Å². The van der Waals surface area contributed by atoms with Crippen molar-refractivity contribution in [3.8, 4) is 0 Å². The van der Waals surface area contributed by atoms with Gasteiger partial charge >= 0.3 is 0 Å². The van der Waals surface area contributed by atoms with Crippen molar-refractivity contribution in [1.82, 2.24) is 9.97 Å². The molecule has 4 nitrogen and oxygen atoms in total. The van der Waals surface area contributed by atoms with E-state index in [2.05, 4.69) is 22.2 Å². The Balaban J connectivity index is 2.23. The molecule has 0 bridgehead atoms. The van der Waals surface area contributed by atoms with Crippen LogP contribution in [0, 0.1) is 0 Å². The van der Waals surface area contributed by atoms with Crippen molar-refractivity contribution in [3.05, 3.63) is 17.5 Å². The van der Waals surface area contributed by atoms with Crippen molar-refractivity contribution in [3.63, 3.8) is 0 Å². The smallest absolute Gasteiger partial charge is 0.225 e. The maximum Gasteiger partial charge on any atom is 0.225 e. The van der Waals surface area contributed by atoms with Crippen LogP contribution < -0.4 is 5.32 Å². The zero-order valence-corrected chi connectivity index (χ0v) is 10.8. The van der Waals surface area contributed by atoms with Crippen molar-refractivity contribution >= 4 is 23.3 Å². The fourth-order valence-corrected chi connectivity index (χ4v) is 1.64. The summed E-state index contributed by atoms with van der Waals surface area (Å²) in [5.41, 5.74) is 0. The summed E-state index contributed by atoms with van der Waals surface area (Å²) in [5, 5.41) is 2.89. The second-order valence-electron chi connectivity index (χ2n) is 3.91. The summed E-state index contributed by atoms with van der Waals surface area (Å²) in [5.74, 6) is 0.289. The Kier molecular flexibility index (Phi) is 6.55. The molecule has 94 valence electrons. The van der Waals surface area contributed by atoms with Gasteiger partial charge in [0.15, 0.2) is 11.0 Å². The number of anilines is 1. The molecule has 1 aromatic rings. The van der Waals surface area contributed by atoms with Gasteiger partial charge < -0.3 is 5.32 Å². The van der Waals surface area contributed by atoms with Crippen LogP contribution in [-0.4, -0.2) is 15.9 Å². The first-order valence-electron chi connectivity index (χ1n) is 6.00. The first-order valence-corrected chi connectivity index (χ1v) is 6.38. The number of carbonyl (C=O) groups is 1. The van der Waals surface area contributed by atoms with E-state index < -0.39 is 0 Å². The lowest BCUT2D eigenvalue weighted by Crippen LogP contribution is -2.12. The fraction of sp³-hybridized carbons (Fsp3) is 0.583. The van der Waals surface area contributed by atoms with Gasteiger partial charge in [0.1, 0.15) is 0 Å². The Morgan fingerprint density at radius 2 is 1.94 bits per heavy atom. The minimum Gasteiger partial charge on any atom is -0.308 e. The maximum atomic E-state index is 11.6. The molecule has 1 amide bonds. The number of nitrogens with one attached hydrogen (secondary N) is 1. The predicted molar refractivity (Wildman–Crippen MR) is 69.0 cm³/mol. The van der Waals surface area contributed by atoms with Gasteiger partial charge in [0, 0.05) is 18.8 Å². The van der Waals surface area contributed by atoms with Gasteiger partial charge in [-0.05, 0) is 6.42 Å². The summed E-state index contributed by atoms with van der Waals surface area (Å²) in [6.45, 7) is 2.17. The van der Waals surface area contributed by atoms with Crippen molar-refractivity contribution in [1.29, 1.82) is 0 Å². The average Bonchev–Trinajstić information content (AvgIpc) is 2.32. The lowest BCUT2D eigenvalue weighted by atomic mass is 10.1. The molecule has 1 heterocycles. The second kappa shape index (κ2) is 8.01. The third kappa shape index (κ3) is 5.63. The molecular formula is C12H18ClN3O. The van der Waals surface area contributed by atoms with E-state index in [1.165, 1.54) is 31.7 Å². The highest BCUT2D eigenvalue weighted by molar-refractivity contribution is 6.32. The lowest BCUT2D eigenvalue weighted by molar-refractivity contribution is -0.116. The van der Waals surface area contributed by atoms with E-state index in [9.17, 15) is 4.79 Å². The van der Waals surface area contributed by atoms with E-state index in [1.807, 2.05) is 0 Å². The quantitative estimate of drug-likeness (QED) is 0.760. The molecule has 17 heavy (non-hydrogen) atoms. The highest BCUT2D eigenvalue weighted by atomic mass is 35.5.